The monoisotopic (exact) mass is 497 g/mol. The van der Waals surface area contributed by atoms with Gasteiger partial charge in [-0.1, -0.05) is 47.6 Å². The molecule has 0 heterocycles. The summed E-state index contributed by atoms with van der Waals surface area (Å²) in [4.78, 5) is 38.0. The van der Waals surface area contributed by atoms with Crippen molar-refractivity contribution in [2.45, 2.75) is 51.5 Å². The third kappa shape index (κ3) is 9.90. The minimum atomic E-state index is -1.000. The fourth-order valence-electron chi connectivity index (χ4n) is 3.40. The smallest absolute Gasteiger partial charge is 0.360 e. The van der Waals surface area contributed by atoms with Gasteiger partial charge in [-0.05, 0) is 56.0 Å². The average Bonchev–Trinajstić information content (AvgIpc) is 2.85. The molecule has 0 aromatic heterocycles. The maximum atomic E-state index is 13.2. The highest BCUT2D eigenvalue weighted by Crippen LogP contribution is 2.20. The van der Waals surface area contributed by atoms with Crippen molar-refractivity contribution in [1.29, 1.82) is 0 Å². The van der Waals surface area contributed by atoms with Gasteiger partial charge in [-0.25, -0.2) is 9.59 Å². The summed E-state index contributed by atoms with van der Waals surface area (Å²) in [6.07, 6.45) is 0.301. The molecular weight excluding hydrogens is 462 g/mol. The van der Waals surface area contributed by atoms with E-state index >= 15 is 0 Å². The number of esters is 1. The predicted octanol–water partition coefficient (Wildman–Crippen LogP) is 1.94. The number of nitrogens with one attached hydrogen (secondary N) is 3. The molecule has 0 spiro atoms. The van der Waals surface area contributed by atoms with Crippen molar-refractivity contribution < 1.29 is 19.1 Å². The zero-order valence-corrected chi connectivity index (χ0v) is 20.9. The highest BCUT2D eigenvalue weighted by molar-refractivity contribution is 5.90. The number of benzene rings is 2. The first kappa shape index (κ1) is 28.6. The van der Waals surface area contributed by atoms with Crippen molar-refractivity contribution in [3.05, 3.63) is 65.2 Å². The number of aryl methyl sites for hydroxylation is 2. The SMILES string of the molecule is COC(=O)C(CCCNC(N)N)NC(=O)C(Cc1ccccc1)NC(=O)/N=N/c1cc(C)ccc1C. The van der Waals surface area contributed by atoms with Crippen molar-refractivity contribution in [3.8, 4) is 0 Å². The number of carbonyl (C=O) groups is 3. The molecule has 36 heavy (non-hydrogen) atoms. The number of methoxy groups -OCH3 is 1. The molecule has 11 nitrogen and oxygen atoms in total. The molecule has 11 heteroatoms. The number of azo groups is 1. The number of hydrogen-bond donors (Lipinski definition) is 5. The standard InChI is InChI=1S/C25H35N7O4/c1-16-11-12-17(2)20(14-16)31-32-25(35)30-21(15-18-8-5-4-6-9-18)22(33)29-19(23(34)36-3)10-7-13-28-24(26)27/h4-6,8-9,11-12,14,19,21,24,28H,7,10,13,15,26-27H2,1-3H3,(H,29,33)(H,30,35)/b32-31+. The molecular formula is C25H35N7O4. The van der Waals surface area contributed by atoms with E-state index in [1.54, 1.807) is 0 Å². The quantitative estimate of drug-likeness (QED) is 0.129. The molecule has 0 fully saturated rings. The van der Waals surface area contributed by atoms with Gasteiger partial charge in [0, 0.05) is 6.42 Å². The largest absolute Gasteiger partial charge is 0.467 e. The molecule has 0 saturated carbocycles. The molecule has 0 bridgehead atoms. The van der Waals surface area contributed by atoms with E-state index in [0.29, 0.717) is 18.7 Å². The molecule has 0 radical (unpaired) electrons. The van der Waals surface area contributed by atoms with Crippen LogP contribution in [0.3, 0.4) is 0 Å². The van der Waals surface area contributed by atoms with Crippen LogP contribution >= 0.6 is 0 Å². The fraction of sp³-hybridized carbons (Fsp3) is 0.400. The van der Waals surface area contributed by atoms with Crippen LogP contribution < -0.4 is 27.4 Å². The number of urea groups is 1. The van der Waals surface area contributed by atoms with Crippen molar-refractivity contribution in [3.63, 3.8) is 0 Å². The molecule has 2 aromatic carbocycles. The Morgan fingerprint density at radius 2 is 1.72 bits per heavy atom. The normalized spacial score (nSPS) is 12.8. The van der Waals surface area contributed by atoms with Gasteiger partial charge in [0.2, 0.25) is 5.91 Å². The van der Waals surface area contributed by atoms with E-state index in [0.717, 1.165) is 16.7 Å². The van der Waals surface area contributed by atoms with Crippen LogP contribution in [0.15, 0.2) is 58.8 Å². The minimum Gasteiger partial charge on any atom is -0.467 e. The average molecular weight is 498 g/mol. The summed E-state index contributed by atoms with van der Waals surface area (Å²) in [5.74, 6) is -1.15. The first-order valence-electron chi connectivity index (χ1n) is 11.7. The molecule has 194 valence electrons. The Kier molecular flexibility index (Phi) is 11.6. The molecule has 2 aromatic rings. The predicted molar refractivity (Wildman–Crippen MR) is 136 cm³/mol. The third-order valence-corrected chi connectivity index (χ3v) is 5.36. The number of amides is 3. The van der Waals surface area contributed by atoms with E-state index < -0.39 is 36.3 Å². The molecule has 0 saturated heterocycles. The minimum absolute atomic E-state index is 0.189. The second-order valence-corrected chi connectivity index (χ2v) is 8.39. The number of rotatable bonds is 12. The lowest BCUT2D eigenvalue weighted by Gasteiger charge is -2.22. The molecule has 7 N–H and O–H groups in total. The van der Waals surface area contributed by atoms with Crippen molar-refractivity contribution in [2.75, 3.05) is 13.7 Å². The Morgan fingerprint density at radius 3 is 2.39 bits per heavy atom. The molecule has 2 atom stereocenters. The third-order valence-electron chi connectivity index (χ3n) is 5.36. The Morgan fingerprint density at radius 1 is 1.00 bits per heavy atom. The Balaban J connectivity index is 2.14. The van der Waals surface area contributed by atoms with Gasteiger partial charge in [-0.2, -0.15) is 0 Å². The van der Waals surface area contributed by atoms with E-state index in [9.17, 15) is 14.4 Å². The van der Waals surface area contributed by atoms with Gasteiger partial charge in [-0.3, -0.25) is 10.1 Å². The van der Waals surface area contributed by atoms with E-state index in [-0.39, 0.29) is 12.8 Å². The molecule has 2 unspecified atom stereocenters. The molecule has 0 aliphatic carbocycles. The van der Waals surface area contributed by atoms with Crippen molar-refractivity contribution in [2.24, 2.45) is 21.7 Å². The Labute approximate surface area is 211 Å². The molecule has 0 aliphatic rings. The van der Waals surface area contributed by atoms with Gasteiger partial charge in [-0.15, -0.1) is 5.11 Å². The first-order chi connectivity index (χ1) is 17.2. The number of nitrogens with zero attached hydrogens (tertiary/aromatic N) is 2. The summed E-state index contributed by atoms with van der Waals surface area (Å²) in [5.41, 5.74) is 14.1. The number of nitrogens with two attached hydrogens (primary N) is 2. The highest BCUT2D eigenvalue weighted by Gasteiger charge is 2.27. The zero-order chi connectivity index (χ0) is 26.5. The van der Waals surface area contributed by atoms with Crippen LogP contribution in [0.25, 0.3) is 0 Å². The van der Waals surface area contributed by atoms with E-state index in [2.05, 4.69) is 26.2 Å². The maximum Gasteiger partial charge on any atom is 0.360 e. The Hall–Kier alpha value is -3.67. The lowest BCUT2D eigenvalue weighted by molar-refractivity contribution is -0.145. The molecule has 3 amide bonds. The molecule has 2 rings (SSSR count). The van der Waals surface area contributed by atoms with E-state index in [1.807, 2.05) is 62.4 Å². The second-order valence-electron chi connectivity index (χ2n) is 8.39. The number of hydrogen-bond acceptors (Lipinski definition) is 8. The van der Waals surface area contributed by atoms with Crippen molar-refractivity contribution in [1.82, 2.24) is 16.0 Å². The number of carbonyl (C=O) groups excluding carboxylic acids is 3. The van der Waals surface area contributed by atoms with Crippen LogP contribution in [0.5, 0.6) is 0 Å². The summed E-state index contributed by atoms with van der Waals surface area (Å²) in [6, 6.07) is 12.1. The van der Waals surface area contributed by atoms with Crippen LogP contribution in [0.4, 0.5) is 10.5 Å². The zero-order valence-electron chi connectivity index (χ0n) is 20.9. The van der Waals surface area contributed by atoms with Crippen LogP contribution in [0.2, 0.25) is 0 Å². The van der Waals surface area contributed by atoms with E-state index in [1.165, 1.54) is 7.11 Å². The van der Waals surface area contributed by atoms with Crippen LogP contribution in [0.1, 0.15) is 29.5 Å². The Bertz CT molecular complexity index is 1040. The van der Waals surface area contributed by atoms with Gasteiger partial charge >= 0.3 is 12.0 Å². The first-order valence-corrected chi connectivity index (χ1v) is 11.7. The van der Waals surface area contributed by atoms with Crippen LogP contribution in [-0.2, 0) is 20.7 Å². The van der Waals surface area contributed by atoms with Gasteiger partial charge < -0.3 is 26.8 Å². The summed E-state index contributed by atoms with van der Waals surface area (Å²) in [6.45, 7) is 4.22. The van der Waals surface area contributed by atoms with Crippen LogP contribution in [0, 0.1) is 13.8 Å². The van der Waals surface area contributed by atoms with Gasteiger partial charge in [0.25, 0.3) is 0 Å². The topological polar surface area (TPSA) is 173 Å². The maximum absolute atomic E-state index is 13.2. The van der Waals surface area contributed by atoms with Gasteiger partial charge in [0.15, 0.2) is 0 Å². The summed E-state index contributed by atoms with van der Waals surface area (Å²) >= 11 is 0. The summed E-state index contributed by atoms with van der Waals surface area (Å²) in [7, 11) is 1.24. The van der Waals surface area contributed by atoms with Crippen LogP contribution in [-0.4, -0.2) is 49.9 Å². The van der Waals surface area contributed by atoms with Gasteiger partial charge in [0.05, 0.1) is 12.8 Å². The number of ether oxygens (including phenoxy) is 1. The fourth-order valence-corrected chi connectivity index (χ4v) is 3.40. The lowest BCUT2D eigenvalue weighted by atomic mass is 10.0. The summed E-state index contributed by atoms with van der Waals surface area (Å²) < 4.78 is 4.83. The summed E-state index contributed by atoms with van der Waals surface area (Å²) in [5, 5.41) is 15.9. The second kappa shape index (κ2) is 14.7. The molecule has 0 aliphatic heterocycles. The highest BCUT2D eigenvalue weighted by atomic mass is 16.5. The lowest BCUT2D eigenvalue weighted by Crippen LogP contribution is -2.52. The van der Waals surface area contributed by atoms with E-state index in [4.69, 9.17) is 16.2 Å². The van der Waals surface area contributed by atoms with Crippen molar-refractivity contribution >= 4 is 23.6 Å². The van der Waals surface area contributed by atoms with Gasteiger partial charge in [0.1, 0.15) is 18.4 Å².